The van der Waals surface area contributed by atoms with E-state index in [1.165, 1.54) is 23.1 Å². The van der Waals surface area contributed by atoms with Crippen molar-refractivity contribution in [3.63, 3.8) is 0 Å². The van der Waals surface area contributed by atoms with Crippen molar-refractivity contribution in [2.75, 3.05) is 11.5 Å². The molecule has 13 heavy (non-hydrogen) atoms. The highest BCUT2D eigenvalue weighted by atomic mass is 35.7. The molecule has 0 aliphatic rings. The number of halogens is 2. The van der Waals surface area contributed by atoms with E-state index in [-0.39, 0.29) is 5.75 Å². The maximum absolute atomic E-state index is 10.5. The van der Waals surface area contributed by atoms with Gasteiger partial charge in [0.2, 0.25) is 9.05 Å². The van der Waals surface area contributed by atoms with Crippen LogP contribution in [0.25, 0.3) is 0 Å². The molecule has 1 aromatic rings. The summed E-state index contributed by atoms with van der Waals surface area (Å²) in [6.45, 7) is 0. The van der Waals surface area contributed by atoms with Crippen LogP contribution in [0, 0.1) is 0 Å². The van der Waals surface area contributed by atoms with Crippen LogP contribution in [0.4, 0.5) is 0 Å². The Morgan fingerprint density at radius 2 is 2.31 bits per heavy atom. The van der Waals surface area contributed by atoms with Gasteiger partial charge in [0.15, 0.2) is 4.34 Å². The normalized spacial score (nSPS) is 11.8. The quantitative estimate of drug-likeness (QED) is 0.627. The summed E-state index contributed by atoms with van der Waals surface area (Å²) in [5.41, 5.74) is 0. The van der Waals surface area contributed by atoms with Gasteiger partial charge in [0.1, 0.15) is 5.15 Å². The third-order valence-corrected chi connectivity index (χ3v) is 4.77. The Bertz CT molecular complexity index is 375. The molecule has 8 heteroatoms. The number of hydrogen-bond acceptors (Lipinski definition) is 5. The molecule has 1 aromatic heterocycles. The van der Waals surface area contributed by atoms with E-state index >= 15 is 0 Å². The van der Waals surface area contributed by atoms with Crippen LogP contribution in [0.5, 0.6) is 0 Å². The van der Waals surface area contributed by atoms with Gasteiger partial charge >= 0.3 is 0 Å². The van der Waals surface area contributed by atoms with E-state index in [1.54, 1.807) is 5.38 Å². The maximum atomic E-state index is 10.5. The highest BCUT2D eigenvalue weighted by Gasteiger charge is 2.06. The van der Waals surface area contributed by atoms with Gasteiger partial charge < -0.3 is 0 Å². The van der Waals surface area contributed by atoms with Crippen molar-refractivity contribution in [1.29, 1.82) is 0 Å². The minimum Gasteiger partial charge on any atom is -0.218 e. The molecule has 0 radical (unpaired) electrons. The van der Waals surface area contributed by atoms with E-state index in [0.29, 0.717) is 10.9 Å². The monoisotopic (exact) mass is 277 g/mol. The molecular formula is C5H5Cl2NO2S3. The van der Waals surface area contributed by atoms with Crippen LogP contribution in [-0.4, -0.2) is 24.9 Å². The zero-order valence-electron chi connectivity index (χ0n) is 6.24. The fraction of sp³-hybridized carbons (Fsp3) is 0.400. The van der Waals surface area contributed by atoms with E-state index in [1.807, 2.05) is 0 Å². The molecule has 0 atom stereocenters. The molecular weight excluding hydrogens is 273 g/mol. The van der Waals surface area contributed by atoms with E-state index in [0.717, 1.165) is 4.34 Å². The van der Waals surface area contributed by atoms with E-state index in [9.17, 15) is 8.42 Å². The fourth-order valence-corrected chi connectivity index (χ4v) is 3.95. The molecule has 0 aliphatic heterocycles. The van der Waals surface area contributed by atoms with Crippen LogP contribution in [0.2, 0.25) is 5.15 Å². The Morgan fingerprint density at radius 3 is 2.77 bits per heavy atom. The molecule has 0 spiro atoms. The molecule has 0 fully saturated rings. The number of rotatable bonds is 4. The SMILES string of the molecule is O=S(=O)(Cl)CCSc1nc(Cl)cs1. The number of thiazole rings is 1. The largest absolute Gasteiger partial charge is 0.233 e. The maximum Gasteiger partial charge on any atom is 0.233 e. The fourth-order valence-electron chi connectivity index (χ4n) is 0.534. The van der Waals surface area contributed by atoms with Crippen LogP contribution in [0.1, 0.15) is 0 Å². The first kappa shape index (κ1) is 11.6. The Balaban J connectivity index is 2.36. The second kappa shape index (κ2) is 4.84. The number of aromatic nitrogens is 1. The topological polar surface area (TPSA) is 47.0 Å². The summed E-state index contributed by atoms with van der Waals surface area (Å²) >= 11 is 8.28. The Hall–Kier alpha value is 0.510. The van der Waals surface area contributed by atoms with Gasteiger partial charge in [-0.1, -0.05) is 23.4 Å². The van der Waals surface area contributed by atoms with Crippen molar-refractivity contribution in [2.45, 2.75) is 4.34 Å². The predicted molar refractivity (Wildman–Crippen MR) is 57.5 cm³/mol. The van der Waals surface area contributed by atoms with Crippen LogP contribution in [0.3, 0.4) is 0 Å². The van der Waals surface area contributed by atoms with Crippen molar-refractivity contribution in [2.24, 2.45) is 0 Å². The van der Waals surface area contributed by atoms with Gasteiger partial charge in [-0.15, -0.1) is 11.3 Å². The summed E-state index contributed by atoms with van der Waals surface area (Å²) in [7, 11) is 1.63. The first-order valence-electron chi connectivity index (χ1n) is 3.13. The van der Waals surface area contributed by atoms with Crippen molar-refractivity contribution in [1.82, 2.24) is 4.98 Å². The van der Waals surface area contributed by atoms with Crippen LogP contribution in [0.15, 0.2) is 9.72 Å². The Kier molecular flexibility index (Phi) is 4.31. The Morgan fingerprint density at radius 1 is 1.62 bits per heavy atom. The summed E-state index contributed by atoms with van der Waals surface area (Å²) < 4.78 is 21.8. The molecule has 1 heterocycles. The van der Waals surface area contributed by atoms with Crippen molar-refractivity contribution >= 4 is 54.4 Å². The first-order chi connectivity index (χ1) is 5.97. The predicted octanol–water partition coefficient (Wildman–Crippen LogP) is 2.46. The molecule has 0 saturated carbocycles. The highest BCUT2D eigenvalue weighted by Crippen LogP contribution is 2.24. The number of hydrogen-bond donors (Lipinski definition) is 0. The standard InChI is InChI=1S/C5H5Cl2NO2S3/c6-4-3-12-5(8-4)11-1-2-13(7,9)10/h3H,1-2H2. The molecule has 74 valence electrons. The summed E-state index contributed by atoms with van der Waals surface area (Å²) in [5, 5.41) is 2.13. The molecule has 1 rings (SSSR count). The van der Waals surface area contributed by atoms with Crippen molar-refractivity contribution in [3.8, 4) is 0 Å². The Labute approximate surface area is 93.9 Å². The second-order valence-electron chi connectivity index (χ2n) is 2.03. The molecule has 3 nitrogen and oxygen atoms in total. The third-order valence-electron chi connectivity index (χ3n) is 1.01. The van der Waals surface area contributed by atoms with Crippen LogP contribution >= 0.6 is 45.4 Å². The van der Waals surface area contributed by atoms with Gasteiger partial charge in [-0.25, -0.2) is 13.4 Å². The van der Waals surface area contributed by atoms with Gasteiger partial charge in [0.25, 0.3) is 0 Å². The van der Waals surface area contributed by atoms with Crippen LogP contribution in [-0.2, 0) is 9.05 Å². The molecule has 0 unspecified atom stereocenters. The van der Waals surface area contributed by atoms with Gasteiger partial charge in [-0.3, -0.25) is 0 Å². The van der Waals surface area contributed by atoms with Gasteiger partial charge in [-0.05, 0) is 0 Å². The molecule has 0 amide bonds. The summed E-state index contributed by atoms with van der Waals surface area (Å²) in [4.78, 5) is 3.94. The summed E-state index contributed by atoms with van der Waals surface area (Å²) in [6, 6.07) is 0. The lowest BCUT2D eigenvalue weighted by atomic mass is 11.0. The number of nitrogens with zero attached hydrogens (tertiary/aromatic N) is 1. The average molecular weight is 278 g/mol. The zero-order valence-corrected chi connectivity index (χ0v) is 10.2. The molecule has 0 saturated heterocycles. The molecule has 0 bridgehead atoms. The molecule has 0 aromatic carbocycles. The minimum atomic E-state index is -3.39. The smallest absolute Gasteiger partial charge is 0.218 e. The highest BCUT2D eigenvalue weighted by molar-refractivity contribution is 8.14. The number of thioether (sulfide) groups is 1. The van der Waals surface area contributed by atoms with E-state index in [4.69, 9.17) is 22.3 Å². The molecule has 0 N–H and O–H groups in total. The third kappa shape index (κ3) is 5.07. The summed E-state index contributed by atoms with van der Waals surface area (Å²) in [6.07, 6.45) is 0. The lowest BCUT2D eigenvalue weighted by Crippen LogP contribution is -1.99. The van der Waals surface area contributed by atoms with Gasteiger partial charge in [0.05, 0.1) is 5.75 Å². The zero-order chi connectivity index (χ0) is 9.90. The van der Waals surface area contributed by atoms with Crippen molar-refractivity contribution < 1.29 is 8.42 Å². The second-order valence-corrected chi connectivity index (χ2v) is 7.51. The summed E-state index contributed by atoms with van der Waals surface area (Å²) in [5.74, 6) is 0.339. The van der Waals surface area contributed by atoms with E-state index in [2.05, 4.69) is 4.98 Å². The average Bonchev–Trinajstić information content (AvgIpc) is 2.33. The van der Waals surface area contributed by atoms with Gasteiger partial charge in [0, 0.05) is 21.8 Å². The van der Waals surface area contributed by atoms with E-state index < -0.39 is 9.05 Å². The minimum absolute atomic E-state index is 0.0591. The lowest BCUT2D eigenvalue weighted by Gasteiger charge is -1.93. The molecule has 0 aliphatic carbocycles. The first-order valence-corrected chi connectivity index (χ1v) is 7.86. The van der Waals surface area contributed by atoms with Crippen LogP contribution < -0.4 is 0 Å². The van der Waals surface area contributed by atoms with Gasteiger partial charge in [-0.2, -0.15) is 0 Å². The van der Waals surface area contributed by atoms with Crippen molar-refractivity contribution in [3.05, 3.63) is 10.5 Å². The lowest BCUT2D eigenvalue weighted by molar-refractivity contribution is 0.611.